The third-order valence-corrected chi connectivity index (χ3v) is 4.29. The molecule has 0 radical (unpaired) electrons. The Balaban J connectivity index is 2.15. The summed E-state index contributed by atoms with van der Waals surface area (Å²) >= 11 is 12.5. The highest BCUT2D eigenvalue weighted by Gasteiger charge is 2.28. The number of benzene rings is 1. The lowest BCUT2D eigenvalue weighted by Gasteiger charge is -2.09. The maximum Gasteiger partial charge on any atom is 0.398 e. The molecule has 19 heavy (non-hydrogen) atoms. The fourth-order valence-electron chi connectivity index (χ4n) is 1.32. The maximum absolute atomic E-state index is 12.2. The van der Waals surface area contributed by atoms with Gasteiger partial charge in [0.25, 0.3) is 0 Å². The molecule has 1 aliphatic rings. The quantitative estimate of drug-likeness (QED) is 0.505. The van der Waals surface area contributed by atoms with Gasteiger partial charge in [-0.3, -0.25) is 4.99 Å². The molecule has 0 bridgehead atoms. The van der Waals surface area contributed by atoms with E-state index in [9.17, 15) is 13.2 Å². The Kier molecular flexibility index (Phi) is 4.69. The van der Waals surface area contributed by atoms with Gasteiger partial charge in [-0.15, -0.1) is 11.8 Å². The molecule has 104 valence electrons. The van der Waals surface area contributed by atoms with Crippen molar-refractivity contribution in [3.63, 3.8) is 0 Å². The smallest absolute Gasteiger partial charge is 0.259 e. The van der Waals surface area contributed by atoms with Gasteiger partial charge >= 0.3 is 6.18 Å². The highest BCUT2D eigenvalue weighted by molar-refractivity contribution is 7.99. The second-order valence-corrected chi connectivity index (χ2v) is 6.09. The van der Waals surface area contributed by atoms with Crippen LogP contribution in [0.1, 0.15) is 12.8 Å². The third kappa shape index (κ3) is 4.89. The predicted molar refractivity (Wildman–Crippen MR) is 74.1 cm³/mol. The molecule has 7 heteroatoms. The van der Waals surface area contributed by atoms with Crippen LogP contribution in [0.3, 0.4) is 0 Å². The van der Waals surface area contributed by atoms with Gasteiger partial charge in [-0.25, -0.2) is 0 Å². The van der Waals surface area contributed by atoms with E-state index < -0.39 is 11.9 Å². The van der Waals surface area contributed by atoms with Crippen molar-refractivity contribution in [3.05, 3.63) is 22.2 Å². The highest BCUT2D eigenvalue weighted by Crippen LogP contribution is 2.39. The fourth-order valence-corrected chi connectivity index (χ4v) is 2.63. The second kappa shape index (κ2) is 5.94. The zero-order chi connectivity index (χ0) is 14.0. The topological polar surface area (TPSA) is 12.4 Å². The summed E-state index contributed by atoms with van der Waals surface area (Å²) in [5, 5.41) is 0.558. The van der Waals surface area contributed by atoms with Gasteiger partial charge in [-0.05, 0) is 30.9 Å². The molecule has 0 aromatic heterocycles. The molecule has 0 unspecified atom stereocenters. The number of aliphatic imine (C=N–C) groups is 1. The number of halogens is 5. The zero-order valence-corrected chi connectivity index (χ0v) is 12.0. The molecule has 0 N–H and O–H groups in total. The van der Waals surface area contributed by atoms with E-state index in [0.717, 1.165) is 12.8 Å². The van der Waals surface area contributed by atoms with Crippen LogP contribution in [0.5, 0.6) is 0 Å². The van der Waals surface area contributed by atoms with Gasteiger partial charge in [0.15, 0.2) is 0 Å². The van der Waals surface area contributed by atoms with Crippen molar-refractivity contribution >= 4 is 46.9 Å². The van der Waals surface area contributed by atoms with Crippen molar-refractivity contribution in [1.82, 2.24) is 0 Å². The minimum atomic E-state index is -4.23. The molecule has 2 rings (SSSR count). The molecular weight excluding hydrogens is 318 g/mol. The number of alkyl halides is 3. The van der Waals surface area contributed by atoms with Gasteiger partial charge in [0.1, 0.15) is 0 Å². The largest absolute Gasteiger partial charge is 0.398 e. The van der Waals surface area contributed by atoms with Crippen molar-refractivity contribution in [2.24, 2.45) is 10.9 Å². The molecular formula is C12H10Cl2F3NS. The molecule has 1 saturated carbocycles. The van der Waals surface area contributed by atoms with Crippen molar-refractivity contribution in [3.8, 4) is 0 Å². The normalized spacial score (nSPS) is 16.3. The van der Waals surface area contributed by atoms with E-state index in [1.807, 2.05) is 0 Å². The van der Waals surface area contributed by atoms with Gasteiger partial charge < -0.3 is 0 Å². The summed E-state index contributed by atoms with van der Waals surface area (Å²) in [6.07, 6.45) is -0.243. The van der Waals surface area contributed by atoms with Crippen LogP contribution < -0.4 is 0 Å². The number of hydrogen-bond acceptors (Lipinski definition) is 2. The van der Waals surface area contributed by atoms with Crippen molar-refractivity contribution in [2.45, 2.75) is 23.9 Å². The molecule has 0 amide bonds. The predicted octanol–water partition coefficient (Wildman–Crippen LogP) is 5.76. The molecule has 1 nitrogen and oxygen atoms in total. The van der Waals surface area contributed by atoms with Crippen molar-refractivity contribution in [1.29, 1.82) is 0 Å². The molecule has 1 aliphatic carbocycles. The monoisotopic (exact) mass is 327 g/mol. The van der Waals surface area contributed by atoms with Gasteiger partial charge in [-0.1, -0.05) is 23.2 Å². The lowest BCUT2D eigenvalue weighted by molar-refractivity contribution is -0.105. The summed E-state index contributed by atoms with van der Waals surface area (Å²) in [5.41, 5.74) is 0.461. The minimum Gasteiger partial charge on any atom is -0.259 e. The summed E-state index contributed by atoms with van der Waals surface area (Å²) in [6.45, 7) is 0. The summed E-state index contributed by atoms with van der Waals surface area (Å²) in [6, 6.07) is 2.93. The van der Waals surface area contributed by atoms with E-state index in [4.69, 9.17) is 23.2 Å². The molecule has 1 aromatic rings. The van der Waals surface area contributed by atoms with Crippen LogP contribution in [0.15, 0.2) is 22.0 Å². The van der Waals surface area contributed by atoms with Gasteiger partial charge in [-0.2, -0.15) is 13.2 Å². The Morgan fingerprint density at radius 2 is 1.95 bits per heavy atom. The fraction of sp³-hybridized carbons (Fsp3) is 0.417. The summed E-state index contributed by atoms with van der Waals surface area (Å²) in [7, 11) is 0. The van der Waals surface area contributed by atoms with Crippen LogP contribution in [0.4, 0.5) is 18.9 Å². The lowest BCUT2D eigenvalue weighted by atomic mass is 10.3. The lowest BCUT2D eigenvalue weighted by Crippen LogP contribution is -2.10. The molecule has 0 spiro atoms. The van der Waals surface area contributed by atoms with Crippen LogP contribution >= 0.6 is 35.0 Å². The van der Waals surface area contributed by atoms with Gasteiger partial charge in [0, 0.05) is 11.1 Å². The maximum atomic E-state index is 12.2. The average molecular weight is 328 g/mol. The Morgan fingerprint density at radius 3 is 2.53 bits per heavy atom. The van der Waals surface area contributed by atoms with Crippen LogP contribution in [0.25, 0.3) is 0 Å². The van der Waals surface area contributed by atoms with Crippen LogP contribution in [0.2, 0.25) is 10.0 Å². The van der Waals surface area contributed by atoms with Crippen LogP contribution in [-0.4, -0.2) is 18.1 Å². The molecule has 0 heterocycles. The van der Waals surface area contributed by atoms with Crippen molar-refractivity contribution in [2.75, 3.05) is 5.75 Å². The Hall–Kier alpha value is -0.390. The zero-order valence-electron chi connectivity index (χ0n) is 9.68. The van der Waals surface area contributed by atoms with E-state index >= 15 is 0 Å². The molecule has 1 aromatic carbocycles. The van der Waals surface area contributed by atoms with E-state index in [1.54, 1.807) is 6.21 Å². The first-order chi connectivity index (χ1) is 8.85. The van der Waals surface area contributed by atoms with Crippen molar-refractivity contribution < 1.29 is 13.2 Å². The summed E-state index contributed by atoms with van der Waals surface area (Å²) < 4.78 is 36.6. The Morgan fingerprint density at radius 1 is 1.26 bits per heavy atom. The van der Waals surface area contributed by atoms with Gasteiger partial charge in [0.2, 0.25) is 0 Å². The first-order valence-corrected chi connectivity index (χ1v) is 7.32. The highest BCUT2D eigenvalue weighted by atomic mass is 35.5. The number of rotatable bonds is 4. The minimum absolute atomic E-state index is 0.213. The SMILES string of the molecule is FC(F)(F)CSc1cc(N=CC2CC2)c(Cl)cc1Cl. The second-order valence-electron chi connectivity index (χ2n) is 4.25. The standard InChI is InChI=1S/C12H10Cl2F3NS/c13-8-3-9(14)11(19-6-12(15,16)17)4-10(8)18-5-7-1-2-7/h3-5,7H,1-2,6H2. The average Bonchev–Trinajstić information content (AvgIpc) is 3.09. The molecule has 0 aliphatic heterocycles. The Labute approximate surface area is 123 Å². The van der Waals surface area contributed by atoms with E-state index in [0.29, 0.717) is 33.3 Å². The van der Waals surface area contributed by atoms with E-state index in [-0.39, 0.29) is 5.02 Å². The summed E-state index contributed by atoms with van der Waals surface area (Å²) in [5.74, 6) is -0.516. The first-order valence-electron chi connectivity index (χ1n) is 5.58. The molecule has 0 saturated heterocycles. The number of thioether (sulfide) groups is 1. The van der Waals surface area contributed by atoms with E-state index in [2.05, 4.69) is 4.99 Å². The third-order valence-electron chi connectivity index (χ3n) is 2.44. The molecule has 1 fully saturated rings. The molecule has 0 atom stereocenters. The van der Waals surface area contributed by atoms with E-state index in [1.165, 1.54) is 12.1 Å². The van der Waals surface area contributed by atoms with Crippen LogP contribution in [-0.2, 0) is 0 Å². The van der Waals surface area contributed by atoms with Gasteiger partial charge in [0.05, 0.1) is 21.5 Å². The summed E-state index contributed by atoms with van der Waals surface area (Å²) in [4.78, 5) is 4.54. The first kappa shape index (κ1) is 15.0. The number of hydrogen-bond donors (Lipinski definition) is 0. The number of nitrogens with zero attached hydrogens (tertiary/aromatic N) is 1. The Bertz CT molecular complexity index is 498. The van der Waals surface area contributed by atoms with Crippen LogP contribution in [0, 0.1) is 5.92 Å².